The number of carbonyl (C=O) groups is 1. The van der Waals surface area contributed by atoms with Crippen LogP contribution >= 0.6 is 15.9 Å². The first-order valence-corrected chi connectivity index (χ1v) is 7.78. The summed E-state index contributed by atoms with van der Waals surface area (Å²) in [4.78, 5) is 15.0. The third kappa shape index (κ3) is 4.32. The third-order valence-electron chi connectivity index (χ3n) is 3.09. The molecule has 6 heteroatoms. The highest BCUT2D eigenvalue weighted by Crippen LogP contribution is 2.29. The van der Waals surface area contributed by atoms with Gasteiger partial charge >= 0.3 is 5.97 Å². The second kappa shape index (κ2) is 7.26. The van der Waals surface area contributed by atoms with Crippen LogP contribution in [0.25, 0.3) is 10.9 Å². The van der Waals surface area contributed by atoms with E-state index in [2.05, 4.69) is 26.2 Å². The minimum atomic E-state index is -0.789. The fourth-order valence-electron chi connectivity index (χ4n) is 2.10. The Morgan fingerprint density at radius 3 is 3.05 bits per heavy atom. The topological polar surface area (TPSA) is 71.5 Å². The molecule has 1 atom stereocenters. The monoisotopic (exact) mass is 352 g/mol. The van der Waals surface area contributed by atoms with E-state index in [9.17, 15) is 4.79 Å². The second-order valence-electron chi connectivity index (χ2n) is 4.78. The zero-order valence-electron chi connectivity index (χ0n) is 11.7. The lowest BCUT2D eigenvalue weighted by Gasteiger charge is -2.17. The van der Waals surface area contributed by atoms with Gasteiger partial charge in [0.1, 0.15) is 11.3 Å². The molecule has 0 fully saturated rings. The summed E-state index contributed by atoms with van der Waals surface area (Å²) in [6, 6.07) is 7.68. The molecule has 112 valence electrons. The minimum Gasteiger partial charge on any atom is -0.482 e. The SMILES string of the molecule is CC(CCC(=O)O)Nc1cc(OCBr)cc2cccnc12. The molecular weight excluding hydrogens is 336 g/mol. The first-order valence-electron chi connectivity index (χ1n) is 6.66. The number of carboxylic acid groups (broad SMARTS) is 1. The van der Waals surface area contributed by atoms with Crippen molar-refractivity contribution in [3.05, 3.63) is 30.5 Å². The number of halogens is 1. The maximum atomic E-state index is 10.6. The molecule has 2 aromatic rings. The molecule has 0 radical (unpaired) electrons. The Hall–Kier alpha value is -1.82. The van der Waals surface area contributed by atoms with E-state index < -0.39 is 5.97 Å². The van der Waals surface area contributed by atoms with Gasteiger partial charge in [-0.1, -0.05) is 6.07 Å². The molecular formula is C15H17BrN2O3. The summed E-state index contributed by atoms with van der Waals surface area (Å²) < 4.78 is 5.49. The summed E-state index contributed by atoms with van der Waals surface area (Å²) in [5, 5.41) is 13.0. The molecule has 0 aliphatic carbocycles. The van der Waals surface area contributed by atoms with E-state index >= 15 is 0 Å². The molecule has 0 bridgehead atoms. The van der Waals surface area contributed by atoms with Gasteiger partial charge in [-0.25, -0.2) is 0 Å². The van der Waals surface area contributed by atoms with E-state index in [1.165, 1.54) is 0 Å². The van der Waals surface area contributed by atoms with Gasteiger partial charge in [-0.15, -0.1) is 0 Å². The van der Waals surface area contributed by atoms with E-state index in [0.29, 0.717) is 11.9 Å². The van der Waals surface area contributed by atoms with Gasteiger partial charge in [0.25, 0.3) is 0 Å². The van der Waals surface area contributed by atoms with Crippen LogP contribution in [0.15, 0.2) is 30.5 Å². The average Bonchev–Trinajstić information content (AvgIpc) is 2.45. The van der Waals surface area contributed by atoms with Gasteiger partial charge in [-0.3, -0.25) is 9.78 Å². The molecule has 1 aromatic heterocycles. The average molecular weight is 353 g/mol. The highest BCUT2D eigenvalue weighted by Gasteiger charge is 2.10. The number of rotatable bonds is 7. The van der Waals surface area contributed by atoms with E-state index in [-0.39, 0.29) is 12.5 Å². The molecule has 1 heterocycles. The molecule has 0 aliphatic heterocycles. The van der Waals surface area contributed by atoms with Gasteiger partial charge in [0.15, 0.2) is 0 Å². The third-order valence-corrected chi connectivity index (χ3v) is 3.32. The number of benzene rings is 1. The lowest BCUT2D eigenvalue weighted by molar-refractivity contribution is -0.137. The number of hydrogen-bond donors (Lipinski definition) is 2. The predicted molar refractivity (Wildman–Crippen MR) is 86.1 cm³/mol. The van der Waals surface area contributed by atoms with Crippen LogP contribution in [-0.4, -0.2) is 27.6 Å². The summed E-state index contributed by atoms with van der Waals surface area (Å²) >= 11 is 3.24. The van der Waals surface area contributed by atoms with Gasteiger partial charge in [-0.2, -0.15) is 0 Å². The number of aliphatic carboxylic acids is 1. The van der Waals surface area contributed by atoms with Crippen molar-refractivity contribution in [2.45, 2.75) is 25.8 Å². The van der Waals surface area contributed by atoms with Gasteiger partial charge in [0, 0.05) is 30.1 Å². The number of nitrogens with zero attached hydrogens (tertiary/aromatic N) is 1. The number of pyridine rings is 1. The van der Waals surface area contributed by atoms with Crippen molar-refractivity contribution in [1.29, 1.82) is 0 Å². The molecule has 2 N–H and O–H groups in total. The molecule has 0 saturated heterocycles. The number of alkyl halides is 1. The molecule has 0 spiro atoms. The number of carboxylic acids is 1. The Labute approximate surface area is 131 Å². The Morgan fingerprint density at radius 2 is 2.33 bits per heavy atom. The van der Waals surface area contributed by atoms with E-state index in [1.54, 1.807) is 6.20 Å². The number of fused-ring (bicyclic) bond motifs is 1. The molecule has 1 unspecified atom stereocenters. The summed E-state index contributed by atoms with van der Waals surface area (Å²) in [5.41, 5.74) is 2.11. The smallest absolute Gasteiger partial charge is 0.303 e. The number of nitrogens with one attached hydrogen (secondary N) is 1. The van der Waals surface area contributed by atoms with Crippen molar-refractivity contribution in [3.63, 3.8) is 0 Å². The Kier molecular flexibility index (Phi) is 5.38. The van der Waals surface area contributed by atoms with E-state index in [1.807, 2.05) is 31.2 Å². The zero-order valence-corrected chi connectivity index (χ0v) is 13.3. The van der Waals surface area contributed by atoms with Crippen LogP contribution in [0.1, 0.15) is 19.8 Å². The number of anilines is 1. The Balaban J connectivity index is 2.25. The zero-order chi connectivity index (χ0) is 15.2. The fraction of sp³-hybridized carbons (Fsp3) is 0.333. The van der Waals surface area contributed by atoms with Crippen molar-refractivity contribution in [1.82, 2.24) is 4.98 Å². The molecule has 1 aromatic carbocycles. The van der Waals surface area contributed by atoms with Crippen LogP contribution < -0.4 is 10.1 Å². The summed E-state index contributed by atoms with van der Waals surface area (Å²) in [5.74, 6) is -0.0525. The van der Waals surface area contributed by atoms with Gasteiger partial charge in [0.2, 0.25) is 0 Å². The highest BCUT2D eigenvalue weighted by atomic mass is 79.9. The first kappa shape index (κ1) is 15.6. The van der Waals surface area contributed by atoms with Gasteiger partial charge in [0.05, 0.1) is 11.2 Å². The summed E-state index contributed by atoms with van der Waals surface area (Å²) in [6.45, 7) is 1.95. The molecule has 21 heavy (non-hydrogen) atoms. The minimum absolute atomic E-state index is 0.0329. The summed E-state index contributed by atoms with van der Waals surface area (Å²) in [7, 11) is 0. The van der Waals surface area contributed by atoms with E-state index in [0.717, 1.165) is 22.3 Å². The van der Waals surface area contributed by atoms with Crippen molar-refractivity contribution in [2.24, 2.45) is 0 Å². The Bertz CT molecular complexity index is 633. The second-order valence-corrected chi connectivity index (χ2v) is 5.24. The number of hydrogen-bond acceptors (Lipinski definition) is 4. The predicted octanol–water partition coefficient (Wildman–Crippen LogP) is 3.63. The van der Waals surface area contributed by atoms with Crippen LogP contribution in [0.5, 0.6) is 5.75 Å². The van der Waals surface area contributed by atoms with Crippen molar-refractivity contribution < 1.29 is 14.6 Å². The molecule has 0 aliphatic rings. The number of ether oxygens (including phenoxy) is 1. The molecule has 5 nitrogen and oxygen atoms in total. The lowest BCUT2D eigenvalue weighted by atomic mass is 10.1. The van der Waals surface area contributed by atoms with Crippen molar-refractivity contribution >= 4 is 38.5 Å². The summed E-state index contributed by atoms with van der Waals surface area (Å²) in [6.07, 6.45) is 2.42. The quantitative estimate of drug-likeness (QED) is 0.744. The molecule has 2 rings (SSSR count). The van der Waals surface area contributed by atoms with E-state index in [4.69, 9.17) is 9.84 Å². The fourth-order valence-corrected chi connectivity index (χ4v) is 2.36. The molecule has 0 saturated carbocycles. The van der Waals surface area contributed by atoms with Crippen LogP contribution in [-0.2, 0) is 4.79 Å². The standard InChI is InChI=1S/C15H17BrN2O3/c1-10(4-5-14(19)20)18-13-8-12(21-9-16)7-11-3-2-6-17-15(11)13/h2-3,6-8,10,18H,4-5,9H2,1H3,(H,19,20). The van der Waals surface area contributed by atoms with Gasteiger partial charge in [-0.05, 0) is 41.4 Å². The lowest BCUT2D eigenvalue weighted by Crippen LogP contribution is -2.17. The number of aromatic nitrogens is 1. The largest absolute Gasteiger partial charge is 0.482 e. The maximum Gasteiger partial charge on any atom is 0.303 e. The van der Waals surface area contributed by atoms with Gasteiger partial charge < -0.3 is 15.2 Å². The first-order chi connectivity index (χ1) is 10.1. The maximum absolute atomic E-state index is 10.6. The van der Waals surface area contributed by atoms with Crippen molar-refractivity contribution in [2.75, 3.05) is 10.8 Å². The van der Waals surface area contributed by atoms with Crippen molar-refractivity contribution in [3.8, 4) is 5.75 Å². The normalized spacial score (nSPS) is 12.1. The Morgan fingerprint density at radius 1 is 1.52 bits per heavy atom. The van der Waals surface area contributed by atoms with Crippen LogP contribution in [0.2, 0.25) is 0 Å². The van der Waals surface area contributed by atoms with Crippen LogP contribution in [0.3, 0.4) is 0 Å². The van der Waals surface area contributed by atoms with Crippen LogP contribution in [0, 0.1) is 0 Å². The highest BCUT2D eigenvalue weighted by molar-refractivity contribution is 9.09. The molecule has 0 amide bonds. The van der Waals surface area contributed by atoms with Crippen LogP contribution in [0.4, 0.5) is 5.69 Å².